The molecule has 1 aromatic heterocycles. The third-order valence-electron chi connectivity index (χ3n) is 2.40. The van der Waals surface area contributed by atoms with Gasteiger partial charge in [0.1, 0.15) is 5.15 Å². The molecule has 0 saturated heterocycles. The van der Waals surface area contributed by atoms with Crippen molar-refractivity contribution < 1.29 is 9.53 Å². The molecule has 0 atom stereocenters. The normalized spacial score (nSPS) is 10.9. The number of aromatic nitrogens is 2. The van der Waals surface area contributed by atoms with Crippen LogP contribution in [0.1, 0.15) is 18.2 Å². The quantitative estimate of drug-likeness (QED) is 0.750. The van der Waals surface area contributed by atoms with E-state index in [2.05, 4.69) is 5.10 Å². The molecule has 6 heteroatoms. The molecule has 0 unspecified atom stereocenters. The summed E-state index contributed by atoms with van der Waals surface area (Å²) in [5, 5.41) is 4.83. The number of halogens is 1. The zero-order chi connectivity index (χ0) is 13.0. The number of likely N-dealkylation sites (N-methyl/N-ethyl adjacent to an activating group) is 1. The van der Waals surface area contributed by atoms with Gasteiger partial charge in [-0.15, -0.1) is 0 Å². The van der Waals surface area contributed by atoms with E-state index in [4.69, 9.17) is 16.3 Å². The van der Waals surface area contributed by atoms with Gasteiger partial charge in [-0.3, -0.25) is 14.4 Å². The summed E-state index contributed by atoms with van der Waals surface area (Å²) in [6.07, 6.45) is 0. The number of rotatable bonds is 5. The second-order valence-corrected chi connectivity index (χ2v) is 4.31. The third kappa shape index (κ3) is 3.71. The molecule has 96 valence electrons. The van der Waals surface area contributed by atoms with Crippen molar-refractivity contribution in [1.82, 2.24) is 14.7 Å². The molecule has 0 aliphatic heterocycles. The van der Waals surface area contributed by atoms with Crippen LogP contribution in [0, 0.1) is 6.92 Å². The van der Waals surface area contributed by atoms with Gasteiger partial charge in [-0.1, -0.05) is 11.6 Å². The average Bonchev–Trinajstić information content (AvgIpc) is 2.45. The van der Waals surface area contributed by atoms with E-state index in [1.807, 2.05) is 18.9 Å². The highest BCUT2D eigenvalue weighted by Gasteiger charge is 2.15. The summed E-state index contributed by atoms with van der Waals surface area (Å²) in [5.74, 6) is -0.229. The third-order valence-corrected chi connectivity index (χ3v) is 2.87. The fourth-order valence-corrected chi connectivity index (χ4v) is 1.84. The Kier molecular flexibility index (Phi) is 4.96. The number of ether oxygens (including phenoxy) is 1. The van der Waals surface area contributed by atoms with Crippen molar-refractivity contribution >= 4 is 17.6 Å². The van der Waals surface area contributed by atoms with E-state index in [1.54, 1.807) is 18.7 Å². The maximum Gasteiger partial charge on any atom is 0.320 e. The molecule has 5 nitrogen and oxygen atoms in total. The van der Waals surface area contributed by atoms with Crippen molar-refractivity contribution in [2.24, 2.45) is 7.05 Å². The van der Waals surface area contributed by atoms with Crippen LogP contribution in [0.3, 0.4) is 0 Å². The molecule has 0 amide bonds. The average molecular weight is 260 g/mol. The van der Waals surface area contributed by atoms with E-state index < -0.39 is 0 Å². The summed E-state index contributed by atoms with van der Waals surface area (Å²) in [4.78, 5) is 13.2. The van der Waals surface area contributed by atoms with Crippen molar-refractivity contribution in [2.75, 3.05) is 20.2 Å². The standard InChI is InChI=1S/C11H18ClN3O2/c1-5-17-10(16)7-14(3)6-9-8(2)13-15(4)11(9)12/h5-7H2,1-4H3. The van der Waals surface area contributed by atoms with Crippen LogP contribution in [0.2, 0.25) is 5.15 Å². The smallest absolute Gasteiger partial charge is 0.320 e. The molecule has 0 fully saturated rings. The zero-order valence-corrected chi connectivity index (χ0v) is 11.4. The monoisotopic (exact) mass is 259 g/mol. The lowest BCUT2D eigenvalue weighted by molar-refractivity contribution is -0.144. The topological polar surface area (TPSA) is 47.4 Å². The van der Waals surface area contributed by atoms with Crippen LogP contribution >= 0.6 is 11.6 Å². The van der Waals surface area contributed by atoms with Crippen LogP contribution in [0.25, 0.3) is 0 Å². The highest BCUT2D eigenvalue weighted by molar-refractivity contribution is 6.30. The SMILES string of the molecule is CCOC(=O)CN(C)Cc1c(C)nn(C)c1Cl. The fraction of sp³-hybridized carbons (Fsp3) is 0.636. The lowest BCUT2D eigenvalue weighted by atomic mass is 10.2. The second-order valence-electron chi connectivity index (χ2n) is 3.96. The maximum atomic E-state index is 11.3. The van der Waals surface area contributed by atoms with E-state index in [0.29, 0.717) is 18.3 Å². The van der Waals surface area contributed by atoms with Gasteiger partial charge in [0.25, 0.3) is 0 Å². The van der Waals surface area contributed by atoms with Crippen LogP contribution in [-0.4, -0.2) is 40.8 Å². The van der Waals surface area contributed by atoms with Crippen molar-refractivity contribution in [3.8, 4) is 0 Å². The molecule has 0 spiro atoms. The summed E-state index contributed by atoms with van der Waals surface area (Å²) in [7, 11) is 3.64. The number of nitrogens with zero attached hydrogens (tertiary/aromatic N) is 3. The Balaban J connectivity index is 2.62. The Morgan fingerprint density at radius 3 is 2.71 bits per heavy atom. The van der Waals surface area contributed by atoms with Crippen LogP contribution < -0.4 is 0 Å². The van der Waals surface area contributed by atoms with Gasteiger partial charge in [0.2, 0.25) is 0 Å². The maximum absolute atomic E-state index is 11.3. The van der Waals surface area contributed by atoms with E-state index in [9.17, 15) is 4.79 Å². The lowest BCUT2D eigenvalue weighted by Gasteiger charge is -2.15. The van der Waals surface area contributed by atoms with Crippen LogP contribution in [0.5, 0.6) is 0 Å². The van der Waals surface area contributed by atoms with E-state index >= 15 is 0 Å². The number of esters is 1. The Hall–Kier alpha value is -1.07. The molecular formula is C11H18ClN3O2. The summed E-state index contributed by atoms with van der Waals surface area (Å²) < 4.78 is 6.51. The first kappa shape index (κ1) is 14.0. The number of carbonyl (C=O) groups is 1. The van der Waals surface area contributed by atoms with Crippen molar-refractivity contribution in [2.45, 2.75) is 20.4 Å². The lowest BCUT2D eigenvalue weighted by Crippen LogP contribution is -2.27. The number of hydrogen-bond acceptors (Lipinski definition) is 4. The molecule has 1 aromatic rings. The molecule has 1 rings (SSSR count). The Morgan fingerprint density at radius 1 is 1.59 bits per heavy atom. The second kappa shape index (κ2) is 6.02. The number of hydrogen-bond donors (Lipinski definition) is 0. The molecule has 1 heterocycles. The molecule has 0 aliphatic rings. The van der Waals surface area contributed by atoms with Crippen LogP contribution in [-0.2, 0) is 23.1 Å². The predicted molar refractivity (Wildman–Crippen MR) is 65.9 cm³/mol. The Bertz CT molecular complexity index is 404. The minimum atomic E-state index is -0.229. The van der Waals surface area contributed by atoms with E-state index in [1.165, 1.54) is 0 Å². The van der Waals surface area contributed by atoms with Gasteiger partial charge in [-0.25, -0.2) is 0 Å². The first-order valence-electron chi connectivity index (χ1n) is 5.47. The molecular weight excluding hydrogens is 242 g/mol. The number of aryl methyl sites for hydroxylation is 2. The molecule has 0 saturated carbocycles. The largest absolute Gasteiger partial charge is 0.465 e. The van der Waals surface area contributed by atoms with Crippen LogP contribution in [0.15, 0.2) is 0 Å². The molecule has 0 bridgehead atoms. The van der Waals surface area contributed by atoms with E-state index in [0.717, 1.165) is 11.3 Å². The minimum absolute atomic E-state index is 0.229. The zero-order valence-electron chi connectivity index (χ0n) is 10.7. The van der Waals surface area contributed by atoms with Crippen molar-refractivity contribution in [3.63, 3.8) is 0 Å². The van der Waals surface area contributed by atoms with Crippen LogP contribution in [0.4, 0.5) is 0 Å². The van der Waals surface area contributed by atoms with Gasteiger partial charge in [0.05, 0.1) is 18.8 Å². The Labute approximate surface area is 106 Å². The summed E-state index contributed by atoms with van der Waals surface area (Å²) in [6.45, 7) is 4.93. The summed E-state index contributed by atoms with van der Waals surface area (Å²) in [6, 6.07) is 0. The van der Waals surface area contributed by atoms with Gasteiger partial charge in [0, 0.05) is 19.2 Å². The predicted octanol–water partition coefficient (Wildman–Crippen LogP) is 1.38. The van der Waals surface area contributed by atoms with Gasteiger partial charge in [0.15, 0.2) is 0 Å². The van der Waals surface area contributed by atoms with Gasteiger partial charge < -0.3 is 4.74 Å². The van der Waals surface area contributed by atoms with Crippen molar-refractivity contribution in [3.05, 3.63) is 16.4 Å². The van der Waals surface area contributed by atoms with Crippen molar-refractivity contribution in [1.29, 1.82) is 0 Å². The Morgan fingerprint density at radius 2 is 2.24 bits per heavy atom. The molecule has 0 radical (unpaired) electrons. The minimum Gasteiger partial charge on any atom is -0.465 e. The molecule has 0 N–H and O–H groups in total. The first-order valence-corrected chi connectivity index (χ1v) is 5.85. The molecule has 0 aliphatic carbocycles. The van der Waals surface area contributed by atoms with Gasteiger partial charge in [-0.05, 0) is 20.9 Å². The molecule has 17 heavy (non-hydrogen) atoms. The summed E-state index contributed by atoms with van der Waals surface area (Å²) >= 11 is 6.11. The highest BCUT2D eigenvalue weighted by Crippen LogP contribution is 2.19. The highest BCUT2D eigenvalue weighted by atomic mass is 35.5. The van der Waals surface area contributed by atoms with Gasteiger partial charge in [-0.2, -0.15) is 5.10 Å². The number of carbonyl (C=O) groups excluding carboxylic acids is 1. The first-order chi connectivity index (χ1) is 7.95. The van der Waals surface area contributed by atoms with Gasteiger partial charge >= 0.3 is 5.97 Å². The summed E-state index contributed by atoms with van der Waals surface area (Å²) in [5.41, 5.74) is 1.83. The van der Waals surface area contributed by atoms with E-state index in [-0.39, 0.29) is 12.5 Å². The molecule has 0 aromatic carbocycles. The fourth-order valence-electron chi connectivity index (χ4n) is 1.61.